The SMILES string of the molecule is Cc1cccc(NC(=O)Cn2c(=O)cc(-c3ccccc3)c3c(C)nn(-c4ccccc4)c32)c1C. The van der Waals surface area contributed by atoms with Gasteiger partial charge in [0.05, 0.1) is 11.4 Å². The number of anilines is 1. The monoisotopic (exact) mass is 462 g/mol. The Balaban J connectivity index is 1.69. The Morgan fingerprint density at radius 2 is 1.57 bits per heavy atom. The van der Waals surface area contributed by atoms with Crippen LogP contribution in [0.25, 0.3) is 27.8 Å². The summed E-state index contributed by atoms with van der Waals surface area (Å²) in [4.78, 5) is 26.6. The summed E-state index contributed by atoms with van der Waals surface area (Å²) >= 11 is 0. The number of amides is 1. The van der Waals surface area contributed by atoms with Crippen molar-refractivity contribution in [2.75, 3.05) is 5.32 Å². The largest absolute Gasteiger partial charge is 0.324 e. The number of pyridine rings is 1. The van der Waals surface area contributed by atoms with Gasteiger partial charge in [0.25, 0.3) is 5.56 Å². The van der Waals surface area contributed by atoms with E-state index in [1.165, 1.54) is 4.57 Å². The number of aromatic nitrogens is 3. The third-order valence-electron chi connectivity index (χ3n) is 6.36. The van der Waals surface area contributed by atoms with E-state index < -0.39 is 0 Å². The van der Waals surface area contributed by atoms with Gasteiger partial charge in [0, 0.05) is 17.1 Å². The van der Waals surface area contributed by atoms with E-state index in [0.717, 1.165) is 44.7 Å². The summed E-state index contributed by atoms with van der Waals surface area (Å²) in [5.74, 6) is -0.270. The maximum atomic E-state index is 13.5. The Labute approximate surface area is 203 Å². The highest BCUT2D eigenvalue weighted by molar-refractivity contribution is 5.97. The lowest BCUT2D eigenvalue weighted by atomic mass is 10.0. The van der Waals surface area contributed by atoms with Crippen LogP contribution in [0.1, 0.15) is 16.8 Å². The predicted molar refractivity (Wildman–Crippen MR) is 140 cm³/mol. The molecule has 5 aromatic rings. The molecular formula is C29H26N4O2. The van der Waals surface area contributed by atoms with Gasteiger partial charge in [-0.1, -0.05) is 60.7 Å². The number of fused-ring (bicyclic) bond motifs is 1. The molecule has 5 rings (SSSR count). The van der Waals surface area contributed by atoms with E-state index in [0.29, 0.717) is 5.65 Å². The molecule has 6 nitrogen and oxygen atoms in total. The molecule has 3 aromatic carbocycles. The van der Waals surface area contributed by atoms with Gasteiger partial charge in [-0.2, -0.15) is 5.10 Å². The molecule has 0 aliphatic rings. The topological polar surface area (TPSA) is 68.9 Å². The van der Waals surface area contributed by atoms with E-state index in [9.17, 15) is 9.59 Å². The van der Waals surface area contributed by atoms with Crippen molar-refractivity contribution in [3.05, 3.63) is 112 Å². The Hall–Kier alpha value is -4.45. The second-order valence-electron chi connectivity index (χ2n) is 8.68. The lowest BCUT2D eigenvalue weighted by Gasteiger charge is -2.15. The highest BCUT2D eigenvalue weighted by Crippen LogP contribution is 2.31. The van der Waals surface area contributed by atoms with Gasteiger partial charge < -0.3 is 5.32 Å². The fraction of sp³-hybridized carbons (Fsp3) is 0.138. The summed E-state index contributed by atoms with van der Waals surface area (Å²) in [7, 11) is 0. The first-order chi connectivity index (χ1) is 16.9. The van der Waals surface area contributed by atoms with Crippen molar-refractivity contribution in [2.24, 2.45) is 0 Å². The van der Waals surface area contributed by atoms with Crippen LogP contribution in [-0.2, 0) is 11.3 Å². The first-order valence-electron chi connectivity index (χ1n) is 11.5. The molecule has 0 saturated carbocycles. The maximum Gasteiger partial charge on any atom is 0.253 e. The lowest BCUT2D eigenvalue weighted by Crippen LogP contribution is -2.29. The zero-order valence-corrected chi connectivity index (χ0v) is 19.9. The van der Waals surface area contributed by atoms with Gasteiger partial charge >= 0.3 is 0 Å². The minimum absolute atomic E-state index is 0.129. The van der Waals surface area contributed by atoms with Crippen LogP contribution in [0.5, 0.6) is 0 Å². The van der Waals surface area contributed by atoms with Crippen LogP contribution in [0.3, 0.4) is 0 Å². The highest BCUT2D eigenvalue weighted by Gasteiger charge is 2.21. The van der Waals surface area contributed by atoms with E-state index in [4.69, 9.17) is 5.10 Å². The van der Waals surface area contributed by atoms with Crippen LogP contribution < -0.4 is 10.9 Å². The number of nitrogens with one attached hydrogen (secondary N) is 1. The first-order valence-corrected chi connectivity index (χ1v) is 11.5. The van der Waals surface area contributed by atoms with Crippen molar-refractivity contribution in [1.29, 1.82) is 0 Å². The Morgan fingerprint density at radius 1 is 0.886 bits per heavy atom. The number of aryl methyl sites for hydroxylation is 2. The molecule has 0 aliphatic carbocycles. The molecule has 6 heteroatoms. The number of carbonyl (C=O) groups excluding carboxylic acids is 1. The van der Waals surface area contributed by atoms with Crippen LogP contribution in [0.4, 0.5) is 5.69 Å². The number of para-hydroxylation sites is 1. The quantitative estimate of drug-likeness (QED) is 0.379. The second kappa shape index (κ2) is 9.06. The Bertz CT molecular complexity index is 1600. The number of rotatable bonds is 5. The maximum absolute atomic E-state index is 13.5. The van der Waals surface area contributed by atoms with Crippen molar-refractivity contribution in [3.8, 4) is 16.8 Å². The molecule has 174 valence electrons. The molecule has 0 fully saturated rings. The van der Waals surface area contributed by atoms with E-state index in [1.54, 1.807) is 10.7 Å². The van der Waals surface area contributed by atoms with Gasteiger partial charge in [0.2, 0.25) is 5.91 Å². The van der Waals surface area contributed by atoms with Gasteiger partial charge in [-0.25, -0.2) is 4.68 Å². The standard InChI is InChI=1S/C29H26N4O2/c1-19-11-10-16-25(20(19)2)30-26(34)18-32-27(35)17-24(22-12-6-4-7-13-22)28-21(3)31-33(29(28)32)23-14-8-5-9-15-23/h4-17H,18H2,1-3H3,(H,30,34). The van der Waals surface area contributed by atoms with Crippen LogP contribution in [0.2, 0.25) is 0 Å². The van der Waals surface area contributed by atoms with Gasteiger partial charge in [0.15, 0.2) is 0 Å². The van der Waals surface area contributed by atoms with Crippen LogP contribution in [0, 0.1) is 20.8 Å². The molecule has 35 heavy (non-hydrogen) atoms. The van der Waals surface area contributed by atoms with E-state index in [-0.39, 0.29) is 18.0 Å². The van der Waals surface area contributed by atoms with Crippen LogP contribution in [0.15, 0.2) is 89.7 Å². The number of hydrogen-bond acceptors (Lipinski definition) is 3. The molecular weight excluding hydrogens is 436 g/mol. The van der Waals surface area contributed by atoms with E-state index >= 15 is 0 Å². The van der Waals surface area contributed by atoms with Crippen molar-refractivity contribution in [1.82, 2.24) is 14.3 Å². The number of benzene rings is 3. The van der Waals surface area contributed by atoms with Gasteiger partial charge in [0.1, 0.15) is 12.2 Å². The first kappa shape index (κ1) is 22.3. The summed E-state index contributed by atoms with van der Waals surface area (Å²) in [6.07, 6.45) is 0. The summed E-state index contributed by atoms with van der Waals surface area (Å²) in [5.41, 5.74) is 6.50. The smallest absolute Gasteiger partial charge is 0.253 e. The zero-order chi connectivity index (χ0) is 24.5. The average molecular weight is 463 g/mol. The molecule has 1 amide bonds. The second-order valence-corrected chi connectivity index (χ2v) is 8.68. The number of nitrogens with zero attached hydrogens (tertiary/aromatic N) is 3. The highest BCUT2D eigenvalue weighted by atomic mass is 16.2. The van der Waals surface area contributed by atoms with Crippen molar-refractivity contribution in [3.63, 3.8) is 0 Å². The Kier molecular flexibility index (Phi) is 5.79. The molecule has 2 heterocycles. The fourth-order valence-corrected chi connectivity index (χ4v) is 4.42. The van der Waals surface area contributed by atoms with E-state index in [1.807, 2.05) is 99.6 Å². The molecule has 0 bridgehead atoms. The number of carbonyl (C=O) groups is 1. The summed E-state index contributed by atoms with van der Waals surface area (Å²) in [6, 6.07) is 26.8. The van der Waals surface area contributed by atoms with Gasteiger partial charge in [-0.3, -0.25) is 14.2 Å². The van der Waals surface area contributed by atoms with E-state index in [2.05, 4.69) is 5.32 Å². The molecule has 0 saturated heterocycles. The Morgan fingerprint density at radius 3 is 2.29 bits per heavy atom. The summed E-state index contributed by atoms with van der Waals surface area (Å²) < 4.78 is 3.26. The van der Waals surface area contributed by atoms with Crippen molar-refractivity contribution < 1.29 is 4.79 Å². The molecule has 0 atom stereocenters. The fourth-order valence-electron chi connectivity index (χ4n) is 4.42. The summed E-state index contributed by atoms with van der Waals surface area (Å²) in [6.45, 7) is 5.77. The molecule has 2 aromatic heterocycles. The van der Waals surface area contributed by atoms with Crippen LogP contribution >= 0.6 is 0 Å². The van der Waals surface area contributed by atoms with Gasteiger partial charge in [-0.15, -0.1) is 0 Å². The third kappa shape index (κ3) is 4.15. The normalized spacial score (nSPS) is 11.1. The van der Waals surface area contributed by atoms with Crippen molar-refractivity contribution >= 4 is 22.6 Å². The molecule has 0 radical (unpaired) electrons. The minimum Gasteiger partial charge on any atom is -0.324 e. The molecule has 0 spiro atoms. The summed E-state index contributed by atoms with van der Waals surface area (Å²) in [5, 5.41) is 8.61. The van der Waals surface area contributed by atoms with Crippen molar-refractivity contribution in [2.45, 2.75) is 27.3 Å². The third-order valence-corrected chi connectivity index (χ3v) is 6.36. The number of hydrogen-bond donors (Lipinski definition) is 1. The molecule has 1 N–H and O–H groups in total. The minimum atomic E-state index is -0.270. The van der Waals surface area contributed by atoms with Crippen LogP contribution in [-0.4, -0.2) is 20.3 Å². The lowest BCUT2D eigenvalue weighted by molar-refractivity contribution is -0.116. The average Bonchev–Trinajstić information content (AvgIpc) is 3.22. The molecule has 0 aliphatic heterocycles. The predicted octanol–water partition coefficient (Wildman–Crippen LogP) is 5.42. The van der Waals surface area contributed by atoms with Gasteiger partial charge in [-0.05, 0) is 61.2 Å². The molecule has 0 unspecified atom stereocenters. The zero-order valence-electron chi connectivity index (χ0n) is 19.9.